The molecule has 1 aliphatic heterocycles. The van der Waals surface area contributed by atoms with Gasteiger partial charge in [-0.15, -0.1) is 0 Å². The van der Waals surface area contributed by atoms with Crippen LogP contribution in [0.3, 0.4) is 0 Å². The molecule has 7 heteroatoms. The molecule has 0 radical (unpaired) electrons. The minimum absolute atomic E-state index is 0.0511. The molecule has 3 rings (SSSR count). The second-order valence-corrected chi connectivity index (χ2v) is 6.17. The Morgan fingerprint density at radius 3 is 3.20 bits per heavy atom. The van der Waals surface area contributed by atoms with Crippen molar-refractivity contribution in [3.8, 4) is 5.88 Å². The minimum atomic E-state index is -0.434. The highest BCUT2D eigenvalue weighted by Gasteiger charge is 2.28. The van der Waals surface area contributed by atoms with Gasteiger partial charge in [-0.3, -0.25) is 4.68 Å². The van der Waals surface area contributed by atoms with Crippen LogP contribution >= 0.6 is 0 Å². The van der Waals surface area contributed by atoms with Crippen LogP contribution in [0.4, 0.5) is 4.39 Å². The maximum Gasteiger partial charge on any atom is 0.250 e. The zero-order valence-corrected chi connectivity index (χ0v) is 14.5. The van der Waals surface area contributed by atoms with Crippen LogP contribution in [0.25, 0.3) is 0 Å². The van der Waals surface area contributed by atoms with Crippen molar-refractivity contribution >= 4 is 0 Å². The van der Waals surface area contributed by atoms with Gasteiger partial charge in [0, 0.05) is 50.1 Å². The lowest BCUT2D eigenvalue weighted by Crippen LogP contribution is -2.33. The van der Waals surface area contributed by atoms with Gasteiger partial charge in [-0.25, -0.2) is 9.37 Å². The molecule has 2 aromatic heterocycles. The molecular weight excluding hydrogens is 323 g/mol. The SMILES string of the molecule is CCn1cc([C@@H]2OCCC[C@H]2CNCCOc2ncccc2F)cn1. The molecular formula is C18H25FN4O2. The van der Waals surface area contributed by atoms with Crippen LogP contribution in [0.1, 0.15) is 31.4 Å². The zero-order valence-electron chi connectivity index (χ0n) is 14.5. The van der Waals surface area contributed by atoms with E-state index < -0.39 is 5.82 Å². The summed E-state index contributed by atoms with van der Waals surface area (Å²) in [5.74, 6) is 0.0150. The Labute approximate surface area is 147 Å². The molecule has 0 aromatic carbocycles. The van der Waals surface area contributed by atoms with Crippen molar-refractivity contribution in [2.75, 3.05) is 26.3 Å². The fourth-order valence-corrected chi connectivity index (χ4v) is 3.10. The van der Waals surface area contributed by atoms with E-state index in [4.69, 9.17) is 9.47 Å². The number of hydrogen-bond acceptors (Lipinski definition) is 5. The highest BCUT2D eigenvalue weighted by molar-refractivity contribution is 5.13. The first-order valence-corrected chi connectivity index (χ1v) is 8.86. The van der Waals surface area contributed by atoms with E-state index in [0.717, 1.165) is 38.1 Å². The molecule has 2 atom stereocenters. The predicted octanol–water partition coefficient (Wildman–Crippen LogP) is 2.57. The normalized spacial score (nSPS) is 20.6. The maximum atomic E-state index is 13.4. The summed E-state index contributed by atoms with van der Waals surface area (Å²) >= 11 is 0. The molecule has 3 heterocycles. The third-order valence-corrected chi connectivity index (χ3v) is 4.40. The molecule has 0 spiro atoms. The first-order valence-electron chi connectivity index (χ1n) is 8.86. The molecule has 2 aromatic rings. The van der Waals surface area contributed by atoms with E-state index in [1.54, 1.807) is 6.07 Å². The predicted molar refractivity (Wildman–Crippen MR) is 91.9 cm³/mol. The van der Waals surface area contributed by atoms with Gasteiger partial charge >= 0.3 is 0 Å². The molecule has 1 saturated heterocycles. The first kappa shape index (κ1) is 17.8. The third kappa shape index (κ3) is 4.76. The minimum Gasteiger partial charge on any atom is -0.474 e. The number of nitrogens with zero attached hydrogens (tertiary/aromatic N) is 3. The van der Waals surface area contributed by atoms with Crippen molar-refractivity contribution in [1.82, 2.24) is 20.1 Å². The molecule has 1 aliphatic rings. The number of aromatic nitrogens is 3. The van der Waals surface area contributed by atoms with E-state index in [9.17, 15) is 4.39 Å². The van der Waals surface area contributed by atoms with Crippen molar-refractivity contribution in [2.24, 2.45) is 5.92 Å². The quantitative estimate of drug-likeness (QED) is 0.743. The zero-order chi connectivity index (χ0) is 17.5. The Bertz CT molecular complexity index is 664. The molecule has 1 N–H and O–H groups in total. The molecule has 0 aliphatic carbocycles. The van der Waals surface area contributed by atoms with E-state index in [2.05, 4.69) is 28.5 Å². The maximum absolute atomic E-state index is 13.4. The van der Waals surface area contributed by atoms with Crippen LogP contribution in [0.15, 0.2) is 30.7 Å². The number of pyridine rings is 1. The van der Waals surface area contributed by atoms with Gasteiger partial charge in [-0.05, 0) is 31.9 Å². The average Bonchev–Trinajstić information content (AvgIpc) is 3.12. The number of nitrogens with one attached hydrogen (secondary N) is 1. The van der Waals surface area contributed by atoms with Crippen molar-refractivity contribution < 1.29 is 13.9 Å². The third-order valence-electron chi connectivity index (χ3n) is 4.40. The van der Waals surface area contributed by atoms with Crippen LogP contribution in [0.2, 0.25) is 0 Å². The average molecular weight is 348 g/mol. The monoisotopic (exact) mass is 348 g/mol. The Balaban J connectivity index is 1.45. The highest BCUT2D eigenvalue weighted by Crippen LogP contribution is 2.32. The summed E-state index contributed by atoms with van der Waals surface area (Å²) in [6.07, 6.45) is 7.75. The number of ether oxygens (including phenoxy) is 2. The lowest BCUT2D eigenvalue weighted by molar-refractivity contribution is -0.0279. The number of hydrogen-bond donors (Lipinski definition) is 1. The fraction of sp³-hybridized carbons (Fsp3) is 0.556. The molecule has 0 amide bonds. The summed E-state index contributed by atoms with van der Waals surface area (Å²) in [6, 6.07) is 2.89. The lowest BCUT2D eigenvalue weighted by Gasteiger charge is -2.31. The summed E-state index contributed by atoms with van der Waals surface area (Å²) in [5.41, 5.74) is 1.14. The van der Waals surface area contributed by atoms with Gasteiger partial charge in [0.2, 0.25) is 5.88 Å². The number of rotatable bonds is 8. The van der Waals surface area contributed by atoms with E-state index in [1.165, 1.54) is 12.3 Å². The Hall–Kier alpha value is -1.99. The summed E-state index contributed by atoms with van der Waals surface area (Å²) < 4.78 is 26.7. The molecule has 0 bridgehead atoms. The van der Waals surface area contributed by atoms with Gasteiger partial charge in [0.25, 0.3) is 0 Å². The smallest absolute Gasteiger partial charge is 0.250 e. The van der Waals surface area contributed by atoms with Crippen molar-refractivity contribution in [2.45, 2.75) is 32.4 Å². The molecule has 0 saturated carbocycles. The standard InChI is InChI=1S/C18H25FN4O2/c1-2-23-13-15(12-22-23)17-14(5-4-9-24-17)11-20-8-10-25-18-16(19)6-3-7-21-18/h3,6-7,12-14,17,20H,2,4-5,8-11H2,1H3/t14-,17+/m0/s1. The summed E-state index contributed by atoms with van der Waals surface area (Å²) in [4.78, 5) is 3.87. The van der Waals surface area contributed by atoms with Crippen molar-refractivity contribution in [1.29, 1.82) is 0 Å². The lowest BCUT2D eigenvalue weighted by atomic mass is 9.91. The summed E-state index contributed by atoms with van der Waals surface area (Å²) in [5, 5.41) is 7.73. The van der Waals surface area contributed by atoms with Gasteiger partial charge in [0.1, 0.15) is 6.61 Å². The van der Waals surface area contributed by atoms with Crippen LogP contribution in [-0.2, 0) is 11.3 Å². The van der Waals surface area contributed by atoms with E-state index in [-0.39, 0.29) is 12.0 Å². The van der Waals surface area contributed by atoms with Gasteiger partial charge in [-0.2, -0.15) is 5.10 Å². The van der Waals surface area contributed by atoms with Crippen molar-refractivity contribution in [3.63, 3.8) is 0 Å². The Morgan fingerprint density at radius 2 is 2.40 bits per heavy atom. The summed E-state index contributed by atoms with van der Waals surface area (Å²) in [7, 11) is 0. The largest absolute Gasteiger partial charge is 0.474 e. The van der Waals surface area contributed by atoms with Gasteiger partial charge < -0.3 is 14.8 Å². The highest BCUT2D eigenvalue weighted by atomic mass is 19.1. The number of halogens is 1. The molecule has 136 valence electrons. The Kier molecular flexibility index (Phi) is 6.36. The van der Waals surface area contributed by atoms with Crippen LogP contribution in [0.5, 0.6) is 5.88 Å². The van der Waals surface area contributed by atoms with Gasteiger partial charge in [0.05, 0.1) is 12.3 Å². The van der Waals surface area contributed by atoms with Crippen LogP contribution < -0.4 is 10.1 Å². The van der Waals surface area contributed by atoms with E-state index >= 15 is 0 Å². The van der Waals surface area contributed by atoms with Gasteiger partial charge in [-0.1, -0.05) is 0 Å². The van der Waals surface area contributed by atoms with Crippen LogP contribution in [-0.4, -0.2) is 41.1 Å². The Morgan fingerprint density at radius 1 is 1.48 bits per heavy atom. The first-order chi connectivity index (χ1) is 12.3. The van der Waals surface area contributed by atoms with Gasteiger partial charge in [0.15, 0.2) is 5.82 Å². The summed E-state index contributed by atoms with van der Waals surface area (Å²) in [6.45, 7) is 5.56. The topological polar surface area (TPSA) is 61.2 Å². The molecule has 6 nitrogen and oxygen atoms in total. The van der Waals surface area contributed by atoms with E-state index in [0.29, 0.717) is 19.1 Å². The fourth-order valence-electron chi connectivity index (χ4n) is 3.10. The molecule has 0 unspecified atom stereocenters. The second kappa shape index (κ2) is 8.92. The van der Waals surface area contributed by atoms with E-state index in [1.807, 2.05) is 10.9 Å². The second-order valence-electron chi connectivity index (χ2n) is 6.17. The number of aryl methyl sites for hydroxylation is 1. The van der Waals surface area contributed by atoms with Crippen LogP contribution in [0, 0.1) is 11.7 Å². The molecule has 1 fully saturated rings. The molecule has 25 heavy (non-hydrogen) atoms. The van der Waals surface area contributed by atoms with Crippen molar-refractivity contribution in [3.05, 3.63) is 42.1 Å².